The molecule has 2 aromatic carbocycles. The Morgan fingerprint density at radius 2 is 1.83 bits per heavy atom. The van der Waals surface area contributed by atoms with Crippen LogP contribution in [0.3, 0.4) is 0 Å². The van der Waals surface area contributed by atoms with Gasteiger partial charge in [-0.05, 0) is 42.8 Å². The first kappa shape index (κ1) is 12.7. The molecule has 0 atom stereocenters. The van der Waals surface area contributed by atoms with Crippen molar-refractivity contribution in [3.05, 3.63) is 58.6 Å². The van der Waals surface area contributed by atoms with Gasteiger partial charge in [-0.25, -0.2) is 8.78 Å². The summed E-state index contributed by atoms with van der Waals surface area (Å²) in [6.45, 7) is 1.27. The minimum Gasteiger partial charge on any atom is -0.294 e. The third-order valence-corrected chi connectivity index (χ3v) is 2.91. The minimum atomic E-state index is -0.598. The van der Waals surface area contributed by atoms with Crippen LogP contribution in [0.4, 0.5) is 8.78 Å². The summed E-state index contributed by atoms with van der Waals surface area (Å²) in [5.74, 6) is -1.43. The van der Waals surface area contributed by atoms with Gasteiger partial charge in [-0.3, -0.25) is 4.79 Å². The zero-order chi connectivity index (χ0) is 13.3. The molecule has 0 N–H and O–H groups in total. The molecule has 0 aliphatic heterocycles. The van der Waals surface area contributed by atoms with Crippen molar-refractivity contribution in [2.24, 2.45) is 0 Å². The number of hydrogen-bond acceptors (Lipinski definition) is 1. The van der Waals surface area contributed by atoms with Gasteiger partial charge in [-0.1, -0.05) is 17.7 Å². The SMILES string of the molecule is CC(=O)c1cc(-c2cc(F)ccc2Cl)ccc1F. The van der Waals surface area contributed by atoms with E-state index >= 15 is 0 Å². The maximum absolute atomic E-state index is 13.4. The molecular weight excluding hydrogens is 258 g/mol. The third kappa shape index (κ3) is 2.41. The van der Waals surface area contributed by atoms with Crippen LogP contribution in [0.2, 0.25) is 5.02 Å². The van der Waals surface area contributed by atoms with Crippen molar-refractivity contribution in [3.8, 4) is 11.1 Å². The number of ketones is 1. The summed E-state index contributed by atoms with van der Waals surface area (Å²) in [5.41, 5.74) is 0.901. The van der Waals surface area contributed by atoms with Crippen molar-refractivity contribution in [2.45, 2.75) is 6.92 Å². The fraction of sp³-hybridized carbons (Fsp3) is 0.0714. The molecule has 4 heteroatoms. The van der Waals surface area contributed by atoms with Gasteiger partial charge in [-0.15, -0.1) is 0 Å². The fourth-order valence-electron chi connectivity index (χ4n) is 1.68. The molecule has 0 fully saturated rings. The highest BCUT2D eigenvalue weighted by atomic mass is 35.5. The number of carbonyl (C=O) groups excluding carboxylic acids is 1. The molecule has 2 aromatic rings. The molecule has 92 valence electrons. The average Bonchev–Trinajstić information content (AvgIpc) is 2.33. The van der Waals surface area contributed by atoms with Gasteiger partial charge in [0.2, 0.25) is 0 Å². The second kappa shape index (κ2) is 4.86. The van der Waals surface area contributed by atoms with Crippen LogP contribution in [0.25, 0.3) is 11.1 Å². The number of Topliss-reactive ketones (excluding diaryl/α,β-unsaturated/α-hetero) is 1. The molecule has 0 bridgehead atoms. The first-order valence-corrected chi connectivity index (χ1v) is 5.63. The van der Waals surface area contributed by atoms with E-state index < -0.39 is 11.6 Å². The maximum atomic E-state index is 13.4. The Labute approximate surface area is 108 Å². The number of halogens is 3. The second-order valence-corrected chi connectivity index (χ2v) is 4.28. The number of rotatable bonds is 2. The van der Waals surface area contributed by atoms with Crippen LogP contribution in [-0.4, -0.2) is 5.78 Å². The maximum Gasteiger partial charge on any atom is 0.162 e. The first-order chi connectivity index (χ1) is 8.49. The van der Waals surface area contributed by atoms with Gasteiger partial charge in [0.05, 0.1) is 5.56 Å². The molecule has 0 spiro atoms. The predicted octanol–water partition coefficient (Wildman–Crippen LogP) is 4.49. The van der Waals surface area contributed by atoms with E-state index in [0.29, 0.717) is 16.1 Å². The van der Waals surface area contributed by atoms with Gasteiger partial charge < -0.3 is 0 Å². The van der Waals surface area contributed by atoms with Crippen LogP contribution >= 0.6 is 11.6 Å². The van der Waals surface area contributed by atoms with Gasteiger partial charge in [0.15, 0.2) is 5.78 Å². The first-order valence-electron chi connectivity index (χ1n) is 5.25. The molecule has 0 aliphatic rings. The summed E-state index contributed by atoms with van der Waals surface area (Å²) in [6, 6.07) is 7.91. The van der Waals surface area contributed by atoms with Crippen LogP contribution < -0.4 is 0 Å². The summed E-state index contributed by atoms with van der Waals surface area (Å²) in [6.07, 6.45) is 0. The molecule has 0 saturated heterocycles. The topological polar surface area (TPSA) is 17.1 Å². The molecule has 0 unspecified atom stereocenters. The molecule has 0 radical (unpaired) electrons. The number of benzene rings is 2. The molecule has 1 nitrogen and oxygen atoms in total. The monoisotopic (exact) mass is 266 g/mol. The largest absolute Gasteiger partial charge is 0.294 e. The van der Waals surface area contributed by atoms with Crippen LogP contribution in [-0.2, 0) is 0 Å². The standard InChI is InChI=1S/C14H9ClF2O/c1-8(18)11-6-9(2-5-14(11)17)12-7-10(16)3-4-13(12)15/h2-7H,1H3. The Balaban J connectivity index is 2.61. The Hall–Kier alpha value is -1.74. The van der Waals surface area contributed by atoms with Gasteiger partial charge >= 0.3 is 0 Å². The average molecular weight is 267 g/mol. The van der Waals surface area contributed by atoms with Gasteiger partial charge in [0.1, 0.15) is 11.6 Å². The summed E-state index contributed by atoms with van der Waals surface area (Å²) in [7, 11) is 0. The zero-order valence-electron chi connectivity index (χ0n) is 9.51. The van der Waals surface area contributed by atoms with Crippen molar-refractivity contribution < 1.29 is 13.6 Å². The summed E-state index contributed by atoms with van der Waals surface area (Å²) in [5, 5.41) is 0.345. The van der Waals surface area contributed by atoms with E-state index in [0.717, 1.165) is 0 Å². The lowest BCUT2D eigenvalue weighted by Crippen LogP contribution is -1.97. The Morgan fingerprint density at radius 1 is 1.11 bits per heavy atom. The van der Waals surface area contributed by atoms with Crippen molar-refractivity contribution in [2.75, 3.05) is 0 Å². The van der Waals surface area contributed by atoms with Crippen molar-refractivity contribution in [1.29, 1.82) is 0 Å². The van der Waals surface area contributed by atoms with Crippen molar-refractivity contribution >= 4 is 17.4 Å². The molecule has 0 aromatic heterocycles. The molecule has 0 heterocycles. The van der Waals surface area contributed by atoms with E-state index in [1.165, 1.54) is 43.3 Å². The third-order valence-electron chi connectivity index (χ3n) is 2.59. The van der Waals surface area contributed by atoms with E-state index in [9.17, 15) is 13.6 Å². The van der Waals surface area contributed by atoms with Crippen LogP contribution in [0.5, 0.6) is 0 Å². The zero-order valence-corrected chi connectivity index (χ0v) is 10.3. The Bertz CT molecular complexity index is 623. The van der Waals surface area contributed by atoms with Gasteiger partial charge in [0, 0.05) is 10.6 Å². The van der Waals surface area contributed by atoms with Crippen LogP contribution in [0.15, 0.2) is 36.4 Å². The van der Waals surface area contributed by atoms with Crippen LogP contribution in [0, 0.1) is 11.6 Å². The smallest absolute Gasteiger partial charge is 0.162 e. The van der Waals surface area contributed by atoms with Crippen molar-refractivity contribution in [1.82, 2.24) is 0 Å². The highest BCUT2D eigenvalue weighted by Gasteiger charge is 2.11. The molecule has 0 amide bonds. The van der Waals surface area contributed by atoms with Gasteiger partial charge in [-0.2, -0.15) is 0 Å². The molecule has 0 aliphatic carbocycles. The minimum absolute atomic E-state index is 0.0344. The second-order valence-electron chi connectivity index (χ2n) is 3.87. The van der Waals surface area contributed by atoms with E-state index in [2.05, 4.69) is 0 Å². The highest BCUT2D eigenvalue weighted by molar-refractivity contribution is 6.33. The molecule has 2 rings (SSSR count). The lowest BCUT2D eigenvalue weighted by atomic mass is 10.0. The molecule has 0 saturated carbocycles. The summed E-state index contributed by atoms with van der Waals surface area (Å²) in [4.78, 5) is 11.3. The van der Waals surface area contributed by atoms with E-state index in [1.807, 2.05) is 0 Å². The lowest BCUT2D eigenvalue weighted by molar-refractivity contribution is 0.101. The Kier molecular flexibility index (Phi) is 3.43. The molecule has 18 heavy (non-hydrogen) atoms. The summed E-state index contributed by atoms with van der Waals surface area (Å²) >= 11 is 5.96. The number of hydrogen-bond donors (Lipinski definition) is 0. The normalized spacial score (nSPS) is 10.4. The summed E-state index contributed by atoms with van der Waals surface area (Å²) < 4.78 is 26.6. The van der Waals surface area contributed by atoms with Gasteiger partial charge in [0.25, 0.3) is 0 Å². The number of carbonyl (C=O) groups is 1. The highest BCUT2D eigenvalue weighted by Crippen LogP contribution is 2.29. The fourth-order valence-corrected chi connectivity index (χ4v) is 1.91. The Morgan fingerprint density at radius 3 is 2.50 bits per heavy atom. The lowest BCUT2D eigenvalue weighted by Gasteiger charge is -2.07. The van der Waals surface area contributed by atoms with E-state index in [4.69, 9.17) is 11.6 Å². The quantitative estimate of drug-likeness (QED) is 0.732. The van der Waals surface area contributed by atoms with Crippen molar-refractivity contribution in [3.63, 3.8) is 0 Å². The van der Waals surface area contributed by atoms with Crippen LogP contribution in [0.1, 0.15) is 17.3 Å². The molecular formula is C14H9ClF2O. The van der Waals surface area contributed by atoms with E-state index in [1.54, 1.807) is 0 Å². The van der Waals surface area contributed by atoms with E-state index in [-0.39, 0.29) is 11.3 Å². The predicted molar refractivity (Wildman–Crippen MR) is 66.8 cm³/mol.